The zero-order valence-electron chi connectivity index (χ0n) is 7.05. The summed E-state index contributed by atoms with van der Waals surface area (Å²) < 4.78 is 5.06. The van der Waals surface area contributed by atoms with E-state index >= 15 is 0 Å². The molecule has 0 saturated heterocycles. The van der Waals surface area contributed by atoms with E-state index in [9.17, 15) is 4.79 Å². The lowest BCUT2D eigenvalue weighted by molar-refractivity contribution is -0.148. The van der Waals surface area contributed by atoms with Crippen molar-refractivity contribution in [1.29, 1.82) is 0 Å². The maximum absolute atomic E-state index is 10.2. The zero-order valence-corrected chi connectivity index (χ0v) is 7.05. The Labute approximate surface area is 66.8 Å². The molecule has 0 saturated carbocycles. The van der Waals surface area contributed by atoms with Crippen molar-refractivity contribution in [2.75, 3.05) is 19.8 Å². The molecule has 0 rings (SSSR count). The first-order valence-electron chi connectivity index (χ1n) is 3.75. The molecular formula is C7H15NO3. The van der Waals surface area contributed by atoms with Crippen LogP contribution in [0.15, 0.2) is 0 Å². The first-order chi connectivity index (χ1) is 5.27. The normalized spacial score (nSPS) is 9.64. The second-order valence-corrected chi connectivity index (χ2v) is 2.04. The third kappa shape index (κ3) is 9.39. The van der Waals surface area contributed by atoms with E-state index in [4.69, 9.17) is 4.74 Å². The number of hydrogen-bond donors (Lipinski definition) is 1. The van der Waals surface area contributed by atoms with Gasteiger partial charge >= 0.3 is 5.97 Å². The molecule has 0 aliphatic rings. The maximum Gasteiger partial charge on any atom is 0.321 e. The number of carbonyl (C=O) groups excluding carboxylic acids is 1. The predicted molar refractivity (Wildman–Crippen MR) is 40.9 cm³/mol. The second-order valence-electron chi connectivity index (χ2n) is 2.04. The van der Waals surface area contributed by atoms with Crippen LogP contribution in [0.1, 0.15) is 20.3 Å². The second kappa shape index (κ2) is 7.50. The average Bonchev–Trinajstić information content (AvgIpc) is 1.96. The quantitative estimate of drug-likeness (QED) is 0.454. The van der Waals surface area contributed by atoms with Crippen molar-refractivity contribution in [1.82, 2.24) is 5.48 Å². The molecule has 0 aliphatic heterocycles. The number of nitrogens with one attached hydrogen (secondary N) is 1. The fourth-order valence-electron chi connectivity index (χ4n) is 0.543. The van der Waals surface area contributed by atoms with Crippen LogP contribution in [0.3, 0.4) is 0 Å². The minimum Gasteiger partial charge on any atom is -0.382 e. The van der Waals surface area contributed by atoms with Gasteiger partial charge in [-0.1, -0.05) is 0 Å². The molecule has 0 unspecified atom stereocenters. The maximum atomic E-state index is 10.2. The van der Waals surface area contributed by atoms with Crippen LogP contribution < -0.4 is 5.48 Å². The van der Waals surface area contributed by atoms with Crippen molar-refractivity contribution in [2.45, 2.75) is 20.3 Å². The van der Waals surface area contributed by atoms with E-state index < -0.39 is 0 Å². The number of hydrogen-bond acceptors (Lipinski definition) is 4. The number of ether oxygens (including phenoxy) is 1. The molecule has 0 spiro atoms. The molecule has 4 nitrogen and oxygen atoms in total. The third-order valence-corrected chi connectivity index (χ3v) is 0.988. The minimum absolute atomic E-state index is 0.318. The Hall–Kier alpha value is -0.610. The van der Waals surface area contributed by atoms with Crippen LogP contribution in [0.5, 0.6) is 0 Å². The Kier molecular flexibility index (Phi) is 7.08. The molecule has 4 heteroatoms. The number of carbonyl (C=O) groups is 1. The Morgan fingerprint density at radius 2 is 2.27 bits per heavy atom. The highest BCUT2D eigenvalue weighted by atomic mass is 16.7. The molecule has 66 valence electrons. The molecule has 0 amide bonds. The van der Waals surface area contributed by atoms with Crippen molar-refractivity contribution >= 4 is 5.97 Å². The minimum atomic E-state index is -0.318. The Balaban J connectivity index is 2.85. The van der Waals surface area contributed by atoms with Crippen molar-refractivity contribution in [3.8, 4) is 0 Å². The molecule has 0 fully saturated rings. The molecule has 1 N–H and O–H groups in total. The first-order valence-corrected chi connectivity index (χ1v) is 3.75. The first kappa shape index (κ1) is 10.4. The van der Waals surface area contributed by atoms with Gasteiger partial charge in [-0.2, -0.15) is 5.48 Å². The highest BCUT2D eigenvalue weighted by molar-refractivity contribution is 5.65. The molecule has 0 atom stereocenters. The van der Waals surface area contributed by atoms with E-state index in [0.29, 0.717) is 13.2 Å². The lowest BCUT2D eigenvalue weighted by Crippen LogP contribution is -2.20. The van der Waals surface area contributed by atoms with E-state index in [1.165, 1.54) is 6.92 Å². The summed E-state index contributed by atoms with van der Waals surface area (Å²) >= 11 is 0. The van der Waals surface area contributed by atoms with Gasteiger partial charge in [-0.3, -0.25) is 4.79 Å². The summed E-state index contributed by atoms with van der Waals surface area (Å²) in [6.45, 7) is 5.37. The fourth-order valence-corrected chi connectivity index (χ4v) is 0.543. The summed E-state index contributed by atoms with van der Waals surface area (Å²) in [6.07, 6.45) is 0.848. The van der Waals surface area contributed by atoms with Crippen molar-refractivity contribution in [3.63, 3.8) is 0 Å². The summed E-state index contributed by atoms with van der Waals surface area (Å²) in [6, 6.07) is 0. The Morgan fingerprint density at radius 3 is 2.82 bits per heavy atom. The monoisotopic (exact) mass is 161 g/mol. The smallest absolute Gasteiger partial charge is 0.321 e. The van der Waals surface area contributed by atoms with Crippen molar-refractivity contribution in [3.05, 3.63) is 0 Å². The molecule has 0 aromatic carbocycles. The Morgan fingerprint density at radius 1 is 1.55 bits per heavy atom. The lowest BCUT2D eigenvalue weighted by Gasteiger charge is -2.02. The molecule has 11 heavy (non-hydrogen) atoms. The number of hydroxylamine groups is 1. The zero-order chi connectivity index (χ0) is 8.53. The van der Waals surface area contributed by atoms with E-state index in [1.54, 1.807) is 0 Å². The summed E-state index contributed by atoms with van der Waals surface area (Å²) in [4.78, 5) is 14.7. The van der Waals surface area contributed by atoms with Crippen LogP contribution in [-0.4, -0.2) is 25.7 Å². The molecule has 0 heterocycles. The molecule has 0 aliphatic carbocycles. The fraction of sp³-hybridized carbons (Fsp3) is 0.857. The van der Waals surface area contributed by atoms with Gasteiger partial charge in [0.15, 0.2) is 0 Å². The van der Waals surface area contributed by atoms with Gasteiger partial charge in [0.1, 0.15) is 0 Å². The molecular weight excluding hydrogens is 146 g/mol. The summed E-state index contributed by atoms with van der Waals surface area (Å²) in [5.41, 5.74) is 2.51. The highest BCUT2D eigenvalue weighted by Crippen LogP contribution is 1.80. The van der Waals surface area contributed by atoms with Crippen LogP contribution in [0, 0.1) is 0 Å². The largest absolute Gasteiger partial charge is 0.382 e. The van der Waals surface area contributed by atoms with Gasteiger partial charge in [-0.05, 0) is 13.3 Å². The van der Waals surface area contributed by atoms with Gasteiger partial charge in [0.25, 0.3) is 0 Å². The van der Waals surface area contributed by atoms with Crippen LogP contribution >= 0.6 is 0 Å². The van der Waals surface area contributed by atoms with Gasteiger partial charge < -0.3 is 9.57 Å². The van der Waals surface area contributed by atoms with E-state index in [2.05, 4.69) is 10.3 Å². The van der Waals surface area contributed by atoms with Crippen LogP contribution in [0.25, 0.3) is 0 Å². The molecule has 0 radical (unpaired) electrons. The lowest BCUT2D eigenvalue weighted by atomic mass is 10.5. The van der Waals surface area contributed by atoms with E-state index in [1.807, 2.05) is 6.92 Å². The molecule has 0 aromatic heterocycles. The van der Waals surface area contributed by atoms with E-state index in [0.717, 1.165) is 13.0 Å². The SMILES string of the molecule is CCOCCCNOC(C)=O. The van der Waals surface area contributed by atoms with Gasteiger partial charge in [0, 0.05) is 26.7 Å². The van der Waals surface area contributed by atoms with Gasteiger partial charge in [-0.25, -0.2) is 0 Å². The number of rotatable bonds is 6. The average molecular weight is 161 g/mol. The van der Waals surface area contributed by atoms with Gasteiger partial charge in [-0.15, -0.1) is 0 Å². The van der Waals surface area contributed by atoms with Crippen LogP contribution in [0.2, 0.25) is 0 Å². The predicted octanol–water partition coefficient (Wildman–Crippen LogP) is 0.481. The molecule has 0 aromatic rings. The van der Waals surface area contributed by atoms with Gasteiger partial charge in [0.2, 0.25) is 0 Å². The highest BCUT2D eigenvalue weighted by Gasteiger charge is 1.90. The summed E-state index contributed by atoms with van der Waals surface area (Å²) in [5.74, 6) is -0.318. The van der Waals surface area contributed by atoms with Crippen LogP contribution in [0.4, 0.5) is 0 Å². The summed E-state index contributed by atoms with van der Waals surface area (Å²) in [7, 11) is 0. The Bertz CT molecular complexity index is 106. The van der Waals surface area contributed by atoms with Crippen molar-refractivity contribution in [2.24, 2.45) is 0 Å². The van der Waals surface area contributed by atoms with Gasteiger partial charge in [0.05, 0.1) is 0 Å². The van der Waals surface area contributed by atoms with E-state index in [-0.39, 0.29) is 5.97 Å². The standard InChI is InChI=1S/C7H15NO3/c1-3-10-6-4-5-8-11-7(2)9/h8H,3-6H2,1-2H3. The van der Waals surface area contributed by atoms with Crippen molar-refractivity contribution < 1.29 is 14.4 Å². The third-order valence-electron chi connectivity index (χ3n) is 0.988. The van der Waals surface area contributed by atoms with Crippen LogP contribution in [-0.2, 0) is 14.4 Å². The summed E-state index contributed by atoms with van der Waals surface area (Å²) in [5, 5.41) is 0. The molecule has 0 bridgehead atoms. The topological polar surface area (TPSA) is 47.6 Å².